The van der Waals surface area contributed by atoms with Gasteiger partial charge in [-0.25, -0.2) is 0 Å². The van der Waals surface area contributed by atoms with Crippen molar-refractivity contribution in [3.8, 4) is 0 Å². The van der Waals surface area contributed by atoms with Crippen molar-refractivity contribution in [2.45, 2.75) is 18.0 Å². The first-order chi connectivity index (χ1) is 6.40. The van der Waals surface area contributed by atoms with Crippen LogP contribution in [0.2, 0.25) is 0 Å². The van der Waals surface area contributed by atoms with E-state index in [0.717, 1.165) is 13.1 Å². The van der Waals surface area contributed by atoms with Crippen LogP contribution in [0.5, 0.6) is 0 Å². The van der Waals surface area contributed by atoms with Gasteiger partial charge in [-0.3, -0.25) is 0 Å². The van der Waals surface area contributed by atoms with Gasteiger partial charge < -0.3 is 4.90 Å². The lowest BCUT2D eigenvalue weighted by atomic mass is 10.4. The van der Waals surface area contributed by atoms with Crippen LogP contribution in [0.3, 0.4) is 0 Å². The van der Waals surface area contributed by atoms with E-state index in [1.165, 1.54) is 24.6 Å². The van der Waals surface area contributed by atoms with Gasteiger partial charge in [0.05, 0.1) is 0 Å². The van der Waals surface area contributed by atoms with Crippen LogP contribution >= 0.6 is 11.8 Å². The first kappa shape index (κ1) is 8.68. The van der Waals surface area contributed by atoms with E-state index in [0.29, 0.717) is 11.1 Å². The van der Waals surface area contributed by atoms with Gasteiger partial charge in [0, 0.05) is 13.1 Å². The van der Waals surface area contributed by atoms with Crippen LogP contribution in [0.15, 0.2) is 5.16 Å². The normalized spacial score (nSPS) is 16.5. The summed E-state index contributed by atoms with van der Waals surface area (Å²) in [7, 11) is 0. The van der Waals surface area contributed by atoms with Gasteiger partial charge in [-0.2, -0.15) is 0 Å². The van der Waals surface area contributed by atoms with Crippen LogP contribution in [0, 0.1) is 0 Å². The molecule has 1 saturated heterocycles. The summed E-state index contributed by atoms with van der Waals surface area (Å²) in [6, 6.07) is 0. The minimum atomic E-state index is 0.628. The molecule has 0 saturated carbocycles. The molecule has 0 aliphatic carbocycles. The maximum absolute atomic E-state index is 4.01. The van der Waals surface area contributed by atoms with Crippen molar-refractivity contribution < 1.29 is 0 Å². The molecule has 1 aliphatic heterocycles. The second kappa shape index (κ2) is 3.87. The van der Waals surface area contributed by atoms with Gasteiger partial charge in [0.1, 0.15) is 0 Å². The number of anilines is 1. The van der Waals surface area contributed by atoms with E-state index in [4.69, 9.17) is 0 Å². The molecule has 1 aromatic rings. The summed E-state index contributed by atoms with van der Waals surface area (Å²) in [6.07, 6.45) is 4.34. The Morgan fingerprint density at radius 1 is 1.08 bits per heavy atom. The first-order valence-corrected chi connectivity index (χ1v) is 5.49. The zero-order valence-corrected chi connectivity index (χ0v) is 8.29. The highest BCUT2D eigenvalue weighted by molar-refractivity contribution is 7.98. The fourth-order valence-corrected chi connectivity index (χ4v) is 1.59. The number of rotatable bonds is 2. The van der Waals surface area contributed by atoms with Gasteiger partial charge in [0.25, 0.3) is 5.95 Å². The Morgan fingerprint density at radius 2 is 1.69 bits per heavy atom. The highest BCUT2D eigenvalue weighted by Crippen LogP contribution is 2.14. The van der Waals surface area contributed by atoms with Crippen molar-refractivity contribution >= 4 is 17.7 Å². The number of hydrogen-bond acceptors (Lipinski definition) is 6. The van der Waals surface area contributed by atoms with Gasteiger partial charge in [0.15, 0.2) is 0 Å². The average Bonchev–Trinajstić information content (AvgIpc) is 2.71. The highest BCUT2D eigenvalue weighted by Gasteiger charge is 2.15. The fraction of sp³-hybridized carbons (Fsp3) is 0.714. The molecule has 0 unspecified atom stereocenters. The number of aromatic nitrogens is 4. The molecule has 0 N–H and O–H groups in total. The summed E-state index contributed by atoms with van der Waals surface area (Å²) in [6.45, 7) is 2.06. The number of hydrogen-bond donors (Lipinski definition) is 0. The number of thioether (sulfide) groups is 1. The van der Waals surface area contributed by atoms with Crippen molar-refractivity contribution in [2.24, 2.45) is 0 Å². The Kier molecular flexibility index (Phi) is 2.58. The molecule has 0 radical (unpaired) electrons. The molecule has 0 amide bonds. The zero-order valence-electron chi connectivity index (χ0n) is 7.47. The summed E-state index contributed by atoms with van der Waals surface area (Å²) in [5, 5.41) is 16.5. The molecule has 0 spiro atoms. The Balaban J connectivity index is 2.12. The van der Waals surface area contributed by atoms with Gasteiger partial charge in [0.2, 0.25) is 5.16 Å². The summed E-state index contributed by atoms with van der Waals surface area (Å²) in [5.41, 5.74) is 0. The quantitative estimate of drug-likeness (QED) is 0.647. The summed E-state index contributed by atoms with van der Waals surface area (Å²) in [5.74, 6) is 0.662. The van der Waals surface area contributed by atoms with E-state index in [1.807, 2.05) is 6.26 Å². The predicted molar refractivity (Wildman–Crippen MR) is 50.9 cm³/mol. The Labute approximate surface area is 80.9 Å². The van der Waals surface area contributed by atoms with Crippen LogP contribution in [0.25, 0.3) is 0 Å². The van der Waals surface area contributed by atoms with Crippen LogP contribution in [0.1, 0.15) is 12.8 Å². The Morgan fingerprint density at radius 3 is 2.23 bits per heavy atom. The minimum Gasteiger partial charge on any atom is -0.338 e. The van der Waals surface area contributed by atoms with E-state index < -0.39 is 0 Å². The molecule has 6 heteroatoms. The van der Waals surface area contributed by atoms with E-state index in [1.54, 1.807) is 0 Å². The van der Waals surface area contributed by atoms with Crippen molar-refractivity contribution in [3.05, 3.63) is 0 Å². The minimum absolute atomic E-state index is 0.628. The van der Waals surface area contributed by atoms with Gasteiger partial charge in [-0.05, 0) is 19.1 Å². The van der Waals surface area contributed by atoms with Crippen LogP contribution in [-0.2, 0) is 0 Å². The highest BCUT2D eigenvalue weighted by atomic mass is 32.2. The standard InChI is InChI=1S/C7H11N5S/c1-13-7-10-8-6(9-11-7)12-4-2-3-5-12/h2-5H2,1H3. The molecule has 0 atom stereocenters. The van der Waals surface area contributed by atoms with E-state index in [2.05, 4.69) is 25.3 Å². The lowest BCUT2D eigenvalue weighted by Crippen LogP contribution is -2.21. The Bertz CT molecular complexity index is 269. The summed E-state index contributed by atoms with van der Waals surface area (Å²) >= 11 is 1.45. The van der Waals surface area contributed by atoms with Crippen molar-refractivity contribution in [2.75, 3.05) is 24.2 Å². The number of nitrogens with zero attached hydrogens (tertiary/aromatic N) is 5. The molecule has 70 valence electrons. The van der Waals surface area contributed by atoms with E-state index >= 15 is 0 Å². The van der Waals surface area contributed by atoms with Crippen molar-refractivity contribution in [1.29, 1.82) is 0 Å². The monoisotopic (exact) mass is 197 g/mol. The average molecular weight is 197 g/mol. The van der Waals surface area contributed by atoms with Crippen LogP contribution in [-0.4, -0.2) is 39.7 Å². The van der Waals surface area contributed by atoms with E-state index in [-0.39, 0.29) is 0 Å². The second-order valence-corrected chi connectivity index (χ2v) is 3.65. The summed E-state index contributed by atoms with van der Waals surface area (Å²) in [4.78, 5) is 2.12. The first-order valence-electron chi connectivity index (χ1n) is 4.26. The fourth-order valence-electron chi connectivity index (χ4n) is 1.34. The largest absolute Gasteiger partial charge is 0.338 e. The van der Waals surface area contributed by atoms with Gasteiger partial charge >= 0.3 is 0 Å². The molecular formula is C7H11N5S. The SMILES string of the molecule is CSc1nnc(N2CCCC2)nn1. The maximum atomic E-state index is 4.01. The molecule has 5 nitrogen and oxygen atoms in total. The third-order valence-electron chi connectivity index (χ3n) is 2.02. The zero-order chi connectivity index (χ0) is 9.10. The molecule has 13 heavy (non-hydrogen) atoms. The third kappa shape index (κ3) is 1.88. The van der Waals surface area contributed by atoms with Gasteiger partial charge in [-0.15, -0.1) is 20.4 Å². The molecule has 1 aliphatic rings. The van der Waals surface area contributed by atoms with Crippen LogP contribution in [0.4, 0.5) is 5.95 Å². The van der Waals surface area contributed by atoms with Crippen molar-refractivity contribution in [3.63, 3.8) is 0 Å². The molecule has 1 fully saturated rings. The third-order valence-corrected chi connectivity index (χ3v) is 2.55. The lowest BCUT2D eigenvalue weighted by molar-refractivity contribution is 0.717. The second-order valence-electron chi connectivity index (χ2n) is 2.88. The molecule has 2 heterocycles. The molecule has 2 rings (SSSR count). The smallest absolute Gasteiger partial charge is 0.264 e. The molecule has 0 bridgehead atoms. The molecule has 1 aromatic heterocycles. The summed E-state index contributed by atoms with van der Waals surface area (Å²) < 4.78 is 0. The van der Waals surface area contributed by atoms with Crippen molar-refractivity contribution in [1.82, 2.24) is 20.4 Å². The topological polar surface area (TPSA) is 54.8 Å². The molecule has 0 aromatic carbocycles. The van der Waals surface area contributed by atoms with Gasteiger partial charge in [-0.1, -0.05) is 11.8 Å². The Hall–Kier alpha value is -0.910. The predicted octanol–water partition coefficient (Wildman–Crippen LogP) is 0.589. The van der Waals surface area contributed by atoms with Crippen LogP contribution < -0.4 is 4.90 Å². The maximum Gasteiger partial charge on any atom is 0.264 e. The van der Waals surface area contributed by atoms with E-state index in [9.17, 15) is 0 Å². The lowest BCUT2D eigenvalue weighted by Gasteiger charge is -2.12. The molecular weight excluding hydrogens is 186 g/mol.